The number of hydrogen-bond acceptors (Lipinski definition) is 5. The highest BCUT2D eigenvalue weighted by Gasteiger charge is 2.16. The Labute approximate surface area is 104 Å². The number of thiophene rings is 1. The number of halogens is 2. The van der Waals surface area contributed by atoms with E-state index in [1.54, 1.807) is 6.07 Å². The van der Waals surface area contributed by atoms with Crippen LogP contribution in [0.5, 0.6) is 0 Å². The smallest absolute Gasteiger partial charge is 0.393 e. The molecule has 0 saturated carbocycles. The Morgan fingerprint density at radius 1 is 1.47 bits per heavy atom. The average molecular weight is 354 g/mol. The summed E-state index contributed by atoms with van der Waals surface area (Å²) in [4.78, 5) is 11.2. The van der Waals surface area contributed by atoms with E-state index in [-0.39, 0.29) is 5.89 Å². The lowest BCUT2D eigenvalue weighted by Gasteiger charge is -1.84. The molecule has 2 aromatic rings. The second-order valence-corrected chi connectivity index (χ2v) is 5.67. The van der Waals surface area contributed by atoms with Gasteiger partial charge in [-0.1, -0.05) is 0 Å². The van der Waals surface area contributed by atoms with Gasteiger partial charge in [0.15, 0.2) is 0 Å². The maximum atomic E-state index is 10.5. The number of aromatic carboxylic acids is 1. The third kappa shape index (κ3) is 2.11. The van der Waals surface area contributed by atoms with Gasteiger partial charge in [-0.05, 0) is 37.9 Å². The molecule has 2 rings (SSSR count). The first-order valence-corrected chi connectivity index (χ1v) is 6.00. The molecule has 0 saturated heterocycles. The molecule has 8 heteroatoms. The lowest BCUT2D eigenvalue weighted by atomic mass is 10.5. The highest BCUT2D eigenvalue weighted by molar-refractivity contribution is 9.13. The van der Waals surface area contributed by atoms with E-state index in [0.717, 1.165) is 8.26 Å². The molecule has 0 spiro atoms. The van der Waals surface area contributed by atoms with Crippen LogP contribution in [-0.4, -0.2) is 21.3 Å². The van der Waals surface area contributed by atoms with E-state index in [1.165, 1.54) is 11.3 Å². The normalized spacial score (nSPS) is 10.5. The Morgan fingerprint density at radius 3 is 2.67 bits per heavy atom. The van der Waals surface area contributed by atoms with Gasteiger partial charge < -0.3 is 9.52 Å². The minimum absolute atomic E-state index is 0.198. The quantitative estimate of drug-likeness (QED) is 0.897. The summed E-state index contributed by atoms with van der Waals surface area (Å²) < 4.78 is 6.69. The van der Waals surface area contributed by atoms with Crippen LogP contribution in [0, 0.1) is 0 Å². The largest absolute Gasteiger partial charge is 0.474 e. The zero-order valence-electron chi connectivity index (χ0n) is 6.90. The molecule has 0 aliphatic carbocycles. The van der Waals surface area contributed by atoms with Crippen LogP contribution < -0.4 is 0 Å². The lowest BCUT2D eigenvalue weighted by Crippen LogP contribution is -1.95. The number of nitrogens with zero attached hydrogens (tertiary/aromatic N) is 2. The predicted molar refractivity (Wildman–Crippen MR) is 60.0 cm³/mol. The van der Waals surface area contributed by atoms with Crippen molar-refractivity contribution < 1.29 is 14.3 Å². The Kier molecular flexibility index (Phi) is 2.89. The van der Waals surface area contributed by atoms with Crippen molar-refractivity contribution in [1.82, 2.24) is 10.2 Å². The second-order valence-electron chi connectivity index (χ2n) is 2.45. The van der Waals surface area contributed by atoms with Crippen molar-refractivity contribution in [2.75, 3.05) is 0 Å². The van der Waals surface area contributed by atoms with Crippen LogP contribution in [0.2, 0.25) is 0 Å². The Morgan fingerprint density at radius 2 is 2.20 bits per heavy atom. The van der Waals surface area contributed by atoms with E-state index in [2.05, 4.69) is 42.1 Å². The molecule has 2 heterocycles. The van der Waals surface area contributed by atoms with Gasteiger partial charge in [-0.25, -0.2) is 4.79 Å². The first-order valence-electron chi connectivity index (χ1n) is 3.60. The van der Waals surface area contributed by atoms with Crippen molar-refractivity contribution in [2.24, 2.45) is 0 Å². The average Bonchev–Trinajstić information content (AvgIpc) is 2.74. The van der Waals surface area contributed by atoms with Gasteiger partial charge in [-0.3, -0.25) is 0 Å². The summed E-state index contributed by atoms with van der Waals surface area (Å²) in [5.74, 6) is -1.45. The Hall–Kier alpha value is -0.730. The first-order chi connectivity index (χ1) is 7.08. The molecule has 2 aromatic heterocycles. The summed E-state index contributed by atoms with van der Waals surface area (Å²) in [6.45, 7) is 0. The van der Waals surface area contributed by atoms with E-state index in [9.17, 15) is 4.79 Å². The van der Waals surface area contributed by atoms with Crippen molar-refractivity contribution in [3.63, 3.8) is 0 Å². The van der Waals surface area contributed by atoms with Crippen LogP contribution >= 0.6 is 43.2 Å². The molecule has 0 unspecified atom stereocenters. The second kappa shape index (κ2) is 4.03. The number of carboxylic acids is 1. The maximum absolute atomic E-state index is 10.5. The maximum Gasteiger partial charge on any atom is 0.393 e. The van der Waals surface area contributed by atoms with Gasteiger partial charge in [-0.2, -0.15) is 0 Å². The van der Waals surface area contributed by atoms with E-state index < -0.39 is 11.9 Å². The van der Waals surface area contributed by atoms with Gasteiger partial charge in [0.1, 0.15) is 0 Å². The van der Waals surface area contributed by atoms with Gasteiger partial charge in [-0.15, -0.1) is 21.5 Å². The molecule has 0 fully saturated rings. The monoisotopic (exact) mass is 352 g/mol. The van der Waals surface area contributed by atoms with Crippen molar-refractivity contribution in [3.05, 3.63) is 20.2 Å². The first kappa shape index (κ1) is 10.8. The van der Waals surface area contributed by atoms with E-state index in [1.807, 2.05) is 0 Å². The molecular formula is C7H2Br2N2O3S. The highest BCUT2D eigenvalue weighted by atomic mass is 79.9. The third-order valence-electron chi connectivity index (χ3n) is 1.46. The molecular weight excluding hydrogens is 352 g/mol. The predicted octanol–water partition coefficient (Wildman–Crippen LogP) is 3.02. The molecule has 0 aliphatic heterocycles. The standard InChI is InChI=1S/C7H2Br2N2O3S/c8-2-1-3(15-4(2)9)5-10-11-6(14-5)7(12)13/h1H,(H,12,13). The van der Waals surface area contributed by atoms with Gasteiger partial charge in [0, 0.05) is 4.47 Å². The molecule has 78 valence electrons. The number of rotatable bonds is 2. The number of aromatic nitrogens is 2. The zero-order chi connectivity index (χ0) is 11.0. The Balaban J connectivity index is 2.41. The van der Waals surface area contributed by atoms with Crippen LogP contribution in [0.3, 0.4) is 0 Å². The minimum Gasteiger partial charge on any atom is -0.474 e. The van der Waals surface area contributed by atoms with Crippen LogP contribution in [0.4, 0.5) is 0 Å². The SMILES string of the molecule is O=C(O)c1nnc(-c2cc(Br)c(Br)s2)o1. The summed E-state index contributed by atoms with van der Waals surface area (Å²) in [7, 11) is 0. The molecule has 0 aliphatic rings. The molecule has 15 heavy (non-hydrogen) atoms. The van der Waals surface area contributed by atoms with Crippen molar-refractivity contribution in [1.29, 1.82) is 0 Å². The molecule has 0 aromatic carbocycles. The zero-order valence-corrected chi connectivity index (χ0v) is 10.9. The van der Waals surface area contributed by atoms with Crippen molar-refractivity contribution in [2.45, 2.75) is 0 Å². The van der Waals surface area contributed by atoms with Gasteiger partial charge in [0.2, 0.25) is 0 Å². The Bertz CT molecular complexity index is 503. The topological polar surface area (TPSA) is 76.2 Å². The van der Waals surface area contributed by atoms with Gasteiger partial charge >= 0.3 is 11.9 Å². The van der Waals surface area contributed by atoms with Crippen molar-refractivity contribution >= 4 is 49.2 Å². The minimum atomic E-state index is -1.23. The van der Waals surface area contributed by atoms with Crippen LogP contribution in [0.15, 0.2) is 18.7 Å². The summed E-state index contributed by atoms with van der Waals surface area (Å²) in [6.07, 6.45) is 0. The van der Waals surface area contributed by atoms with Crippen LogP contribution in [0.1, 0.15) is 10.7 Å². The number of hydrogen-bond donors (Lipinski definition) is 1. The summed E-state index contributed by atoms with van der Waals surface area (Å²) in [6, 6.07) is 1.77. The summed E-state index contributed by atoms with van der Waals surface area (Å²) in [5, 5.41) is 15.6. The van der Waals surface area contributed by atoms with E-state index >= 15 is 0 Å². The molecule has 5 nitrogen and oxygen atoms in total. The van der Waals surface area contributed by atoms with Gasteiger partial charge in [0.05, 0.1) is 8.66 Å². The fourth-order valence-electron chi connectivity index (χ4n) is 0.861. The van der Waals surface area contributed by atoms with Gasteiger partial charge in [0.25, 0.3) is 5.89 Å². The third-order valence-corrected chi connectivity index (χ3v) is 4.71. The summed E-state index contributed by atoms with van der Waals surface area (Å²) >= 11 is 7.99. The number of carboxylic acid groups (broad SMARTS) is 1. The van der Waals surface area contributed by atoms with Crippen molar-refractivity contribution in [3.8, 4) is 10.8 Å². The van der Waals surface area contributed by atoms with E-state index in [0.29, 0.717) is 4.88 Å². The van der Waals surface area contributed by atoms with E-state index in [4.69, 9.17) is 9.52 Å². The highest BCUT2D eigenvalue weighted by Crippen LogP contribution is 2.37. The molecule has 0 atom stereocenters. The molecule has 1 N–H and O–H groups in total. The number of carbonyl (C=O) groups is 1. The fraction of sp³-hybridized carbons (Fsp3) is 0. The van der Waals surface area contributed by atoms with Crippen LogP contribution in [0.25, 0.3) is 10.8 Å². The van der Waals surface area contributed by atoms with Crippen LogP contribution in [-0.2, 0) is 0 Å². The lowest BCUT2D eigenvalue weighted by molar-refractivity contribution is 0.0654. The molecule has 0 radical (unpaired) electrons. The summed E-state index contributed by atoms with van der Waals surface area (Å²) in [5.41, 5.74) is 0. The fourth-order valence-corrected chi connectivity index (χ4v) is 2.82. The molecule has 0 bridgehead atoms. The molecule has 0 amide bonds.